The summed E-state index contributed by atoms with van der Waals surface area (Å²) in [6, 6.07) is 0. The van der Waals surface area contributed by atoms with Gasteiger partial charge in [0.05, 0.1) is 10.1 Å². The molecule has 84 valence electrons. The van der Waals surface area contributed by atoms with Gasteiger partial charge in [0, 0.05) is 19.9 Å². The first-order valence-corrected chi connectivity index (χ1v) is 5.31. The third-order valence-corrected chi connectivity index (χ3v) is 2.58. The number of nitrogens with zero attached hydrogens (tertiary/aromatic N) is 2. The maximum Gasteiger partial charge on any atom is 0.221 e. The van der Waals surface area contributed by atoms with Crippen molar-refractivity contribution in [2.45, 2.75) is 19.4 Å². The van der Waals surface area contributed by atoms with Crippen LogP contribution in [-0.2, 0) is 4.74 Å². The van der Waals surface area contributed by atoms with Crippen molar-refractivity contribution >= 4 is 27.7 Å². The van der Waals surface area contributed by atoms with E-state index in [1.807, 2.05) is 13.8 Å². The van der Waals surface area contributed by atoms with E-state index >= 15 is 0 Å². The van der Waals surface area contributed by atoms with E-state index in [-0.39, 0.29) is 11.5 Å². The van der Waals surface area contributed by atoms with E-state index in [9.17, 15) is 0 Å². The summed E-state index contributed by atoms with van der Waals surface area (Å²) in [7, 11) is 1.67. The van der Waals surface area contributed by atoms with Crippen molar-refractivity contribution in [3.63, 3.8) is 0 Å². The molecule has 0 aliphatic heterocycles. The lowest BCUT2D eigenvalue weighted by Crippen LogP contribution is -2.32. The Morgan fingerprint density at radius 2 is 2.27 bits per heavy atom. The van der Waals surface area contributed by atoms with Crippen LogP contribution in [0.1, 0.15) is 13.8 Å². The average molecular weight is 275 g/mol. The fraction of sp³-hybridized carbons (Fsp3) is 0.556. The normalized spacial score (nSPS) is 11.5. The Kier molecular flexibility index (Phi) is 3.87. The van der Waals surface area contributed by atoms with E-state index in [0.717, 1.165) is 4.47 Å². The number of hydrogen-bond acceptors (Lipinski definition) is 5. The predicted molar refractivity (Wildman–Crippen MR) is 63.7 cm³/mol. The van der Waals surface area contributed by atoms with E-state index < -0.39 is 0 Å². The van der Waals surface area contributed by atoms with Crippen LogP contribution in [0.4, 0.5) is 11.8 Å². The summed E-state index contributed by atoms with van der Waals surface area (Å²) in [6.07, 6.45) is 1.62. The number of nitrogens with one attached hydrogen (secondary N) is 1. The number of methoxy groups -OCH3 is 1. The van der Waals surface area contributed by atoms with Gasteiger partial charge in [-0.05, 0) is 29.8 Å². The van der Waals surface area contributed by atoms with Gasteiger partial charge in [-0.25, -0.2) is 4.98 Å². The van der Waals surface area contributed by atoms with E-state index in [2.05, 4.69) is 31.2 Å². The van der Waals surface area contributed by atoms with Crippen molar-refractivity contribution in [1.82, 2.24) is 9.97 Å². The maximum atomic E-state index is 5.49. The number of anilines is 2. The molecule has 1 heterocycles. The summed E-state index contributed by atoms with van der Waals surface area (Å²) in [5, 5.41) is 3.14. The van der Waals surface area contributed by atoms with Gasteiger partial charge in [0.2, 0.25) is 5.95 Å². The van der Waals surface area contributed by atoms with Gasteiger partial charge in [0.15, 0.2) is 0 Å². The predicted octanol–water partition coefficient (Wildman–Crippen LogP) is 1.66. The van der Waals surface area contributed by atoms with Gasteiger partial charge in [-0.15, -0.1) is 0 Å². The van der Waals surface area contributed by atoms with Gasteiger partial charge >= 0.3 is 0 Å². The molecule has 6 heteroatoms. The van der Waals surface area contributed by atoms with Gasteiger partial charge in [0.1, 0.15) is 5.82 Å². The number of aromatic nitrogens is 2. The molecule has 0 aliphatic carbocycles. The molecule has 0 aliphatic rings. The molecule has 0 amide bonds. The zero-order valence-corrected chi connectivity index (χ0v) is 10.6. The van der Waals surface area contributed by atoms with Crippen molar-refractivity contribution in [3.8, 4) is 0 Å². The maximum absolute atomic E-state index is 5.49. The first-order valence-electron chi connectivity index (χ1n) is 4.51. The summed E-state index contributed by atoms with van der Waals surface area (Å²) in [5.41, 5.74) is 5.23. The molecule has 15 heavy (non-hydrogen) atoms. The van der Waals surface area contributed by atoms with Crippen LogP contribution >= 0.6 is 15.9 Å². The largest absolute Gasteiger partial charge is 0.377 e. The third kappa shape index (κ3) is 3.64. The molecule has 1 rings (SSSR count). The number of nitrogens with two attached hydrogens (primary N) is 1. The van der Waals surface area contributed by atoms with Gasteiger partial charge in [0.25, 0.3) is 0 Å². The summed E-state index contributed by atoms with van der Waals surface area (Å²) in [6.45, 7) is 4.61. The molecule has 0 unspecified atom stereocenters. The van der Waals surface area contributed by atoms with E-state index in [0.29, 0.717) is 12.4 Å². The third-order valence-electron chi connectivity index (χ3n) is 2.00. The Morgan fingerprint density at radius 1 is 1.60 bits per heavy atom. The fourth-order valence-electron chi connectivity index (χ4n) is 0.873. The minimum atomic E-state index is -0.251. The molecule has 0 saturated carbocycles. The monoisotopic (exact) mass is 274 g/mol. The second kappa shape index (κ2) is 4.76. The quantitative estimate of drug-likeness (QED) is 0.874. The van der Waals surface area contributed by atoms with Crippen LogP contribution in [0.3, 0.4) is 0 Å². The van der Waals surface area contributed by atoms with Gasteiger partial charge in [-0.3, -0.25) is 0 Å². The molecule has 0 fully saturated rings. The van der Waals surface area contributed by atoms with Crippen molar-refractivity contribution in [2.75, 3.05) is 24.7 Å². The topological polar surface area (TPSA) is 73.1 Å². The Hall–Kier alpha value is -0.880. The standard InChI is InChI=1S/C9H15BrN4O/c1-9(2,15-3)5-13-7-6(10)4-12-8(11)14-7/h4H,5H2,1-3H3,(H3,11,12,13,14). The summed E-state index contributed by atoms with van der Waals surface area (Å²) in [5.74, 6) is 0.920. The van der Waals surface area contributed by atoms with Crippen molar-refractivity contribution in [1.29, 1.82) is 0 Å². The van der Waals surface area contributed by atoms with Crippen molar-refractivity contribution in [3.05, 3.63) is 10.7 Å². The molecule has 0 saturated heterocycles. The Morgan fingerprint density at radius 3 is 2.87 bits per heavy atom. The molecular weight excluding hydrogens is 260 g/mol. The number of halogens is 1. The van der Waals surface area contributed by atoms with Crippen molar-refractivity contribution < 1.29 is 4.74 Å². The second-order valence-corrected chi connectivity index (χ2v) is 4.60. The van der Waals surface area contributed by atoms with Crippen LogP contribution in [0.15, 0.2) is 10.7 Å². The first-order chi connectivity index (χ1) is 6.94. The SMILES string of the molecule is COC(C)(C)CNc1nc(N)ncc1Br. The van der Waals surface area contributed by atoms with E-state index in [1.165, 1.54) is 0 Å². The minimum Gasteiger partial charge on any atom is -0.377 e. The highest BCUT2D eigenvalue weighted by Crippen LogP contribution is 2.20. The molecule has 5 nitrogen and oxygen atoms in total. The zero-order valence-electron chi connectivity index (χ0n) is 9.04. The lowest BCUT2D eigenvalue weighted by molar-refractivity contribution is 0.0343. The lowest BCUT2D eigenvalue weighted by atomic mass is 10.1. The molecule has 1 aromatic heterocycles. The number of nitrogen functional groups attached to an aromatic ring is 1. The van der Waals surface area contributed by atoms with Gasteiger partial charge in [-0.2, -0.15) is 4.98 Å². The van der Waals surface area contributed by atoms with Crippen LogP contribution in [0, 0.1) is 0 Å². The first kappa shape index (κ1) is 12.2. The number of ether oxygens (including phenoxy) is 1. The van der Waals surface area contributed by atoms with Crippen LogP contribution < -0.4 is 11.1 Å². The van der Waals surface area contributed by atoms with Crippen LogP contribution in [0.25, 0.3) is 0 Å². The van der Waals surface area contributed by atoms with Gasteiger partial charge < -0.3 is 15.8 Å². The highest BCUT2D eigenvalue weighted by molar-refractivity contribution is 9.10. The van der Waals surface area contributed by atoms with Crippen LogP contribution in [-0.4, -0.2) is 29.2 Å². The summed E-state index contributed by atoms with van der Waals surface area (Å²) < 4.78 is 6.06. The van der Waals surface area contributed by atoms with Crippen LogP contribution in [0.2, 0.25) is 0 Å². The molecule has 0 atom stereocenters. The number of rotatable bonds is 4. The Bertz CT molecular complexity index is 343. The van der Waals surface area contributed by atoms with Gasteiger partial charge in [-0.1, -0.05) is 0 Å². The molecule has 1 aromatic rings. The molecule has 0 radical (unpaired) electrons. The van der Waals surface area contributed by atoms with E-state index in [4.69, 9.17) is 10.5 Å². The summed E-state index contributed by atoms with van der Waals surface area (Å²) in [4.78, 5) is 7.92. The van der Waals surface area contributed by atoms with E-state index in [1.54, 1.807) is 13.3 Å². The molecule has 3 N–H and O–H groups in total. The fourth-order valence-corrected chi connectivity index (χ4v) is 1.20. The van der Waals surface area contributed by atoms with Crippen LogP contribution in [0.5, 0.6) is 0 Å². The Labute approximate surface area is 97.6 Å². The zero-order chi connectivity index (χ0) is 11.5. The highest BCUT2D eigenvalue weighted by atomic mass is 79.9. The average Bonchev–Trinajstić information content (AvgIpc) is 2.20. The molecule has 0 spiro atoms. The smallest absolute Gasteiger partial charge is 0.221 e. The second-order valence-electron chi connectivity index (χ2n) is 3.74. The molecule has 0 aromatic carbocycles. The minimum absolute atomic E-state index is 0.246. The Balaban J connectivity index is 2.69. The molecule has 0 bridgehead atoms. The van der Waals surface area contributed by atoms with Crippen molar-refractivity contribution in [2.24, 2.45) is 0 Å². The number of hydrogen-bond donors (Lipinski definition) is 2. The molecular formula is C9H15BrN4O. The lowest BCUT2D eigenvalue weighted by Gasteiger charge is -2.23. The highest BCUT2D eigenvalue weighted by Gasteiger charge is 2.16. The summed E-state index contributed by atoms with van der Waals surface area (Å²) >= 11 is 3.34.